The molecule has 3 saturated heterocycles. The number of benzene rings is 1. The number of rotatable bonds is 16. The minimum atomic E-state index is -0.793. The van der Waals surface area contributed by atoms with Crippen molar-refractivity contribution in [2.24, 2.45) is 11.8 Å². The minimum Gasteiger partial charge on any atom is -0.465 e. The van der Waals surface area contributed by atoms with Crippen molar-refractivity contribution in [2.75, 3.05) is 26.3 Å². The quantitative estimate of drug-likeness (QED) is 0.121. The average Bonchev–Trinajstić information content (AvgIpc) is 3.57. The summed E-state index contributed by atoms with van der Waals surface area (Å²) in [5.41, 5.74) is 0.972. The highest BCUT2D eigenvalue weighted by atomic mass is 79.9. The Morgan fingerprint density at radius 2 is 2.00 bits per heavy atom. The smallest absolute Gasteiger partial charge is 0.310 e. The second-order valence-electron chi connectivity index (χ2n) is 11.3. The summed E-state index contributed by atoms with van der Waals surface area (Å²) in [6, 6.07) is 8.32. The minimum absolute atomic E-state index is 0.0321. The zero-order valence-corrected chi connectivity index (χ0v) is 26.4. The summed E-state index contributed by atoms with van der Waals surface area (Å²) in [5.74, 6) is -2.05. The summed E-state index contributed by atoms with van der Waals surface area (Å²) >= 11 is 5.41. The topological polar surface area (TPSA) is 87.1 Å². The van der Waals surface area contributed by atoms with Crippen LogP contribution in [0.2, 0.25) is 0 Å². The summed E-state index contributed by atoms with van der Waals surface area (Å²) in [7, 11) is 0. The fourth-order valence-corrected chi connectivity index (χ4v) is 10.4. The maximum Gasteiger partial charge on any atom is 0.310 e. The van der Waals surface area contributed by atoms with Gasteiger partial charge in [0.15, 0.2) is 0 Å². The van der Waals surface area contributed by atoms with Crippen molar-refractivity contribution in [3.05, 3.63) is 61.2 Å². The molecule has 0 aromatic heterocycles. The number of hydrogen-bond donors (Lipinski definition) is 1. The third-order valence-electron chi connectivity index (χ3n) is 8.64. The predicted octanol–water partition coefficient (Wildman–Crippen LogP) is 4.77. The number of nitrogens with zero attached hydrogens (tertiary/aromatic N) is 2. The van der Waals surface area contributed by atoms with Crippen LogP contribution in [0.25, 0.3) is 0 Å². The van der Waals surface area contributed by atoms with Gasteiger partial charge in [0.05, 0.1) is 35.8 Å². The maximum absolute atomic E-state index is 14.5. The number of unbranched alkanes of at least 4 members (excludes halogenated alkanes) is 3. The molecule has 0 aliphatic carbocycles. The van der Waals surface area contributed by atoms with Crippen LogP contribution in [0.5, 0.6) is 0 Å². The Balaban J connectivity index is 1.71. The molecule has 3 heterocycles. The number of ether oxygens (including phenoxy) is 1. The molecule has 3 unspecified atom stereocenters. The normalized spacial score (nSPS) is 28.8. The Morgan fingerprint density at radius 3 is 2.66 bits per heavy atom. The summed E-state index contributed by atoms with van der Waals surface area (Å²) in [4.78, 5) is 46.0. The van der Waals surface area contributed by atoms with Gasteiger partial charge in [0.2, 0.25) is 11.8 Å². The number of carbonyl (C=O) groups is 3. The number of aliphatic hydroxyl groups is 1. The van der Waals surface area contributed by atoms with Crippen LogP contribution in [-0.2, 0) is 25.5 Å². The number of halogens is 1. The fourth-order valence-electron chi connectivity index (χ4n) is 6.78. The van der Waals surface area contributed by atoms with Crippen LogP contribution in [0.4, 0.5) is 0 Å². The van der Waals surface area contributed by atoms with E-state index in [-0.39, 0.29) is 34.5 Å². The highest BCUT2D eigenvalue weighted by molar-refractivity contribution is 9.09. The third kappa shape index (κ3) is 6.32. The SMILES string of the molecule is C=CCCCCOC(=O)[C@H]1[C@H]2C(=O)N([C@@H](CO)Cc3ccccc3)C(C(=O)N(CC=C)CCCC)C23CC(Br)[C@@H]1S3. The molecule has 7 atom stereocenters. The molecular weight excluding hydrogens is 604 g/mol. The zero-order valence-electron chi connectivity index (χ0n) is 24.0. The molecule has 4 rings (SSSR count). The maximum atomic E-state index is 14.5. The standard InChI is InChI=1S/C32H43BrN2O5S/c1-4-7-9-13-18-40-31(39)25-26-29(37)35(23(21-36)19-22-14-11-10-12-15-22)28(32(26)20-24(33)27(25)41-32)30(38)34(16-6-3)17-8-5-2/h4,6,10-12,14-15,23-28,36H,1,3,5,7-9,13,16-21H2,2H3/t23-,24?,25+,26+,27+,28?,32?/m1/s1. The van der Waals surface area contributed by atoms with Gasteiger partial charge in [-0.15, -0.1) is 24.9 Å². The van der Waals surface area contributed by atoms with Gasteiger partial charge in [-0.05, 0) is 44.1 Å². The number of hydrogen-bond acceptors (Lipinski definition) is 6. The lowest BCUT2D eigenvalue weighted by molar-refractivity contribution is -0.154. The lowest BCUT2D eigenvalue weighted by atomic mass is 9.71. The zero-order chi connectivity index (χ0) is 29.6. The Hall–Kier alpha value is -2.10. The number of thioether (sulfide) groups is 1. The van der Waals surface area contributed by atoms with E-state index >= 15 is 0 Å². The van der Waals surface area contributed by atoms with Gasteiger partial charge < -0.3 is 19.6 Å². The van der Waals surface area contributed by atoms with E-state index in [4.69, 9.17) is 4.74 Å². The highest BCUT2D eigenvalue weighted by Gasteiger charge is 2.76. The highest BCUT2D eigenvalue weighted by Crippen LogP contribution is 2.68. The van der Waals surface area contributed by atoms with Gasteiger partial charge in [-0.1, -0.05) is 71.8 Å². The average molecular weight is 648 g/mol. The van der Waals surface area contributed by atoms with Crippen molar-refractivity contribution in [1.82, 2.24) is 9.80 Å². The van der Waals surface area contributed by atoms with Crippen LogP contribution in [0.15, 0.2) is 55.6 Å². The van der Waals surface area contributed by atoms with E-state index in [0.717, 1.165) is 37.7 Å². The van der Waals surface area contributed by atoms with Gasteiger partial charge in [-0.2, -0.15) is 0 Å². The molecule has 2 amide bonds. The molecular formula is C32H43BrN2O5S. The number of carbonyl (C=O) groups excluding carboxylic acids is 3. The summed E-state index contributed by atoms with van der Waals surface area (Å²) in [6.07, 6.45) is 8.80. The summed E-state index contributed by atoms with van der Waals surface area (Å²) in [5, 5.41) is 10.5. The van der Waals surface area contributed by atoms with Crippen molar-refractivity contribution in [1.29, 1.82) is 0 Å². The van der Waals surface area contributed by atoms with E-state index in [2.05, 4.69) is 36.0 Å². The third-order valence-corrected chi connectivity index (χ3v) is 11.9. The number of aliphatic hydroxyl groups excluding tert-OH is 1. The van der Waals surface area contributed by atoms with E-state index < -0.39 is 28.7 Å². The molecule has 3 fully saturated rings. The molecule has 2 bridgehead atoms. The molecule has 3 aliphatic heterocycles. The number of amides is 2. The number of allylic oxidation sites excluding steroid dienone is 1. The molecule has 1 spiro atoms. The van der Waals surface area contributed by atoms with Gasteiger partial charge in [0.1, 0.15) is 6.04 Å². The fraction of sp³-hybridized carbons (Fsp3) is 0.594. The molecule has 41 heavy (non-hydrogen) atoms. The van der Waals surface area contributed by atoms with Gasteiger partial charge in [-0.3, -0.25) is 14.4 Å². The Kier molecular flexibility index (Phi) is 11.2. The summed E-state index contributed by atoms with van der Waals surface area (Å²) in [6.45, 7) is 10.6. The lowest BCUT2D eigenvalue weighted by Gasteiger charge is -2.40. The van der Waals surface area contributed by atoms with E-state index in [1.165, 1.54) is 0 Å². The van der Waals surface area contributed by atoms with E-state index in [0.29, 0.717) is 32.5 Å². The molecule has 7 nitrogen and oxygen atoms in total. The molecule has 1 aromatic rings. The van der Waals surface area contributed by atoms with Crippen molar-refractivity contribution in [3.63, 3.8) is 0 Å². The predicted molar refractivity (Wildman–Crippen MR) is 167 cm³/mol. The van der Waals surface area contributed by atoms with Crippen LogP contribution in [0.1, 0.15) is 51.0 Å². The van der Waals surface area contributed by atoms with E-state index in [1.807, 2.05) is 36.4 Å². The van der Waals surface area contributed by atoms with Crippen LogP contribution in [0, 0.1) is 11.8 Å². The Labute approximate surface area is 256 Å². The number of alkyl halides is 1. The lowest BCUT2D eigenvalue weighted by Crippen LogP contribution is -2.58. The molecule has 3 aliphatic rings. The summed E-state index contributed by atoms with van der Waals surface area (Å²) < 4.78 is 4.96. The number of esters is 1. The van der Waals surface area contributed by atoms with Gasteiger partial charge >= 0.3 is 5.97 Å². The monoisotopic (exact) mass is 646 g/mol. The second kappa shape index (κ2) is 14.4. The number of fused-ring (bicyclic) bond motifs is 1. The molecule has 0 radical (unpaired) electrons. The van der Waals surface area contributed by atoms with Crippen molar-refractivity contribution < 1.29 is 24.2 Å². The first-order chi connectivity index (χ1) is 19.8. The molecule has 1 N–H and O–H groups in total. The van der Waals surface area contributed by atoms with Crippen LogP contribution < -0.4 is 0 Å². The largest absolute Gasteiger partial charge is 0.465 e. The first-order valence-corrected chi connectivity index (χ1v) is 16.6. The number of likely N-dealkylation sites (tertiary alicyclic amines) is 1. The van der Waals surface area contributed by atoms with Gasteiger partial charge in [-0.25, -0.2) is 0 Å². The Bertz CT molecular complexity index is 1100. The van der Waals surface area contributed by atoms with Crippen LogP contribution in [0.3, 0.4) is 0 Å². The van der Waals surface area contributed by atoms with Crippen molar-refractivity contribution >= 4 is 45.5 Å². The first kappa shape index (κ1) is 31.8. The second-order valence-corrected chi connectivity index (χ2v) is 14.0. The van der Waals surface area contributed by atoms with E-state index in [1.54, 1.807) is 27.6 Å². The van der Waals surface area contributed by atoms with Crippen LogP contribution >= 0.6 is 27.7 Å². The Morgan fingerprint density at radius 1 is 1.24 bits per heavy atom. The molecule has 9 heteroatoms. The van der Waals surface area contributed by atoms with Gasteiger partial charge in [0.25, 0.3) is 0 Å². The van der Waals surface area contributed by atoms with Gasteiger partial charge in [0, 0.05) is 23.2 Å². The van der Waals surface area contributed by atoms with Crippen molar-refractivity contribution in [3.8, 4) is 0 Å². The van der Waals surface area contributed by atoms with Crippen molar-refractivity contribution in [2.45, 2.75) is 78.8 Å². The molecule has 0 saturated carbocycles. The first-order valence-electron chi connectivity index (χ1n) is 14.8. The molecule has 1 aromatic carbocycles. The van der Waals surface area contributed by atoms with Crippen LogP contribution in [-0.4, -0.2) is 85.9 Å². The molecule has 224 valence electrons. The van der Waals surface area contributed by atoms with E-state index in [9.17, 15) is 19.5 Å².